The molecule has 1 N–H and O–H groups in total. The number of aryl methyl sites for hydroxylation is 3. The smallest absolute Gasteiger partial charge is 0.258 e. The molecule has 1 saturated heterocycles. The maximum atomic E-state index is 13.1. The van der Waals surface area contributed by atoms with Crippen molar-refractivity contribution < 1.29 is 28.4 Å². The minimum Gasteiger partial charge on any atom is -0.493 e. The summed E-state index contributed by atoms with van der Waals surface area (Å²) in [6, 6.07) is 42.3. The zero-order chi connectivity index (χ0) is 82.3. The van der Waals surface area contributed by atoms with E-state index in [1.165, 1.54) is 42.4 Å². The Morgan fingerprint density at radius 1 is 0.432 bits per heavy atom. The number of rotatable bonds is 17. The molecule has 1 saturated carbocycles. The van der Waals surface area contributed by atoms with Gasteiger partial charge in [0, 0.05) is 111 Å². The second kappa shape index (κ2) is 36.3. The molecule has 0 bridgehead atoms. The van der Waals surface area contributed by atoms with Crippen molar-refractivity contribution in [1.29, 1.82) is 0 Å². The normalized spacial score (nSPS) is 15.5. The largest absolute Gasteiger partial charge is 0.493 e. The molecule has 9 aromatic heterocycles. The van der Waals surface area contributed by atoms with E-state index in [-0.39, 0.29) is 22.2 Å². The molecule has 608 valence electrons. The molecule has 4 aliphatic heterocycles. The van der Waals surface area contributed by atoms with E-state index in [0.717, 1.165) is 174 Å². The van der Waals surface area contributed by atoms with E-state index in [1.54, 1.807) is 95.9 Å². The average Bonchev–Trinajstić information content (AvgIpc) is 0.854. The molecule has 4 aromatic carbocycles. The number of fused-ring (bicyclic) bond motifs is 5. The van der Waals surface area contributed by atoms with E-state index in [4.69, 9.17) is 48.4 Å². The van der Waals surface area contributed by atoms with Crippen molar-refractivity contribution in [1.82, 2.24) is 62.5 Å². The average molecular weight is 1600 g/mol. The molecule has 23 nitrogen and oxygen atoms in total. The minimum atomic E-state index is -0.0937. The SMILES string of the molecule is CCCN1CC=C(c2cc(C)c3nc(-c4ccc(OC)c(OC)c4)cc(=O)n3c2)CC1.COc1ccc(-c2cc(=O)n3cc(C4=CCN(C5CCC5)CC4)cc(C)c3n2)cc1OC.COc1ccc(-c2ccc3nc(C4=CCN(C)CC4)cc(=O)n3c2)cc1OC.Cc1nc2ccc(-c3cc(=O)n4cc(C5CCNCC5)ccc4n3)cc2s1. The fourth-order valence-corrected chi connectivity index (χ4v) is 17.1. The van der Waals surface area contributed by atoms with Crippen LogP contribution in [0.25, 0.3) is 94.4 Å². The predicted octanol–water partition coefficient (Wildman–Crippen LogP) is 15.4. The maximum absolute atomic E-state index is 13.1. The Labute approximate surface area is 689 Å². The summed E-state index contributed by atoms with van der Waals surface area (Å²) in [5.74, 6) is 4.33. The van der Waals surface area contributed by atoms with Gasteiger partial charge in [-0.3, -0.25) is 46.6 Å². The Kier molecular flexibility index (Phi) is 25.0. The van der Waals surface area contributed by atoms with Gasteiger partial charge < -0.3 is 38.6 Å². The van der Waals surface area contributed by atoms with Crippen molar-refractivity contribution in [3.63, 3.8) is 0 Å². The number of piperidine rings is 1. The molecule has 13 heterocycles. The zero-order valence-electron chi connectivity index (χ0n) is 69.0. The first-order valence-corrected chi connectivity index (χ1v) is 41.3. The molecule has 18 rings (SSSR count). The van der Waals surface area contributed by atoms with E-state index in [9.17, 15) is 19.2 Å². The van der Waals surface area contributed by atoms with Gasteiger partial charge >= 0.3 is 0 Å². The van der Waals surface area contributed by atoms with Gasteiger partial charge in [-0.2, -0.15) is 0 Å². The van der Waals surface area contributed by atoms with E-state index < -0.39 is 0 Å². The lowest BCUT2D eigenvalue weighted by Crippen LogP contribution is -2.42. The van der Waals surface area contributed by atoms with E-state index in [1.807, 2.05) is 130 Å². The van der Waals surface area contributed by atoms with E-state index in [2.05, 4.69) is 81.5 Å². The summed E-state index contributed by atoms with van der Waals surface area (Å²) >= 11 is 1.66. The monoisotopic (exact) mass is 1600 g/mol. The predicted molar refractivity (Wildman–Crippen MR) is 470 cm³/mol. The van der Waals surface area contributed by atoms with Crippen molar-refractivity contribution in [2.24, 2.45) is 0 Å². The lowest BCUT2D eigenvalue weighted by Gasteiger charge is -2.39. The highest BCUT2D eigenvalue weighted by molar-refractivity contribution is 7.18. The number of nitrogens with zero attached hydrogens (tertiary/aromatic N) is 12. The molecular formula is C94H101N13O10S. The van der Waals surface area contributed by atoms with Gasteiger partial charge in [0.15, 0.2) is 34.5 Å². The molecule has 0 atom stereocenters. The lowest BCUT2D eigenvalue weighted by molar-refractivity contribution is 0.141. The van der Waals surface area contributed by atoms with Crippen LogP contribution in [0.4, 0.5) is 0 Å². The van der Waals surface area contributed by atoms with Crippen molar-refractivity contribution >= 4 is 60.9 Å². The molecule has 0 amide bonds. The van der Waals surface area contributed by atoms with Crippen LogP contribution in [-0.2, 0) is 0 Å². The summed E-state index contributed by atoms with van der Waals surface area (Å²) in [6.07, 6.45) is 24.8. The quantitative estimate of drug-likeness (QED) is 0.0893. The molecule has 0 radical (unpaired) electrons. The highest BCUT2D eigenvalue weighted by Crippen LogP contribution is 2.38. The molecule has 1 aliphatic carbocycles. The number of ether oxygens (including phenoxy) is 6. The summed E-state index contributed by atoms with van der Waals surface area (Å²) in [5.41, 5.74) is 19.7. The summed E-state index contributed by atoms with van der Waals surface area (Å²) in [6.45, 7) is 17.4. The molecule has 24 heteroatoms. The Morgan fingerprint density at radius 2 is 0.907 bits per heavy atom. The van der Waals surface area contributed by atoms with Crippen molar-refractivity contribution in [3.05, 3.63) is 256 Å². The fraction of sp³-hybridized carbons (Fsp3) is 0.330. The molecular weight excluding hydrogens is 1500 g/mol. The number of thiazole rings is 1. The molecule has 13 aromatic rings. The van der Waals surface area contributed by atoms with Crippen LogP contribution in [0.5, 0.6) is 34.5 Å². The molecule has 2 fully saturated rings. The molecule has 0 unspecified atom stereocenters. The number of aromatic nitrogens is 9. The first-order valence-electron chi connectivity index (χ1n) is 40.5. The van der Waals surface area contributed by atoms with Gasteiger partial charge in [-0.05, 0) is 251 Å². The van der Waals surface area contributed by atoms with Gasteiger partial charge in [0.25, 0.3) is 22.2 Å². The van der Waals surface area contributed by atoms with Crippen LogP contribution < -0.4 is 56.0 Å². The molecule has 0 spiro atoms. The van der Waals surface area contributed by atoms with Crippen LogP contribution in [0.3, 0.4) is 0 Å². The van der Waals surface area contributed by atoms with Crippen LogP contribution in [0.15, 0.2) is 196 Å². The van der Waals surface area contributed by atoms with Gasteiger partial charge in [-0.15, -0.1) is 11.3 Å². The number of hydrogen-bond acceptors (Lipinski definition) is 20. The summed E-state index contributed by atoms with van der Waals surface area (Å²) in [7, 11) is 11.7. The number of nitrogens with one attached hydrogen (secondary N) is 1. The van der Waals surface area contributed by atoms with E-state index >= 15 is 0 Å². The second-order valence-corrected chi connectivity index (χ2v) is 31.9. The van der Waals surface area contributed by atoms with Crippen molar-refractivity contribution in [2.75, 3.05) is 109 Å². The van der Waals surface area contributed by atoms with Crippen LogP contribution >= 0.6 is 11.3 Å². The Hall–Kier alpha value is -11.9. The van der Waals surface area contributed by atoms with Crippen molar-refractivity contribution in [2.45, 2.75) is 97.4 Å². The number of likely N-dealkylation sites (N-methyl/N-ethyl adjacent to an activating group) is 1. The Morgan fingerprint density at radius 3 is 1.43 bits per heavy atom. The summed E-state index contributed by atoms with van der Waals surface area (Å²) in [5, 5.41) is 4.43. The number of methoxy groups -OCH3 is 6. The number of hydrogen-bond donors (Lipinski definition) is 1. The summed E-state index contributed by atoms with van der Waals surface area (Å²) < 4.78 is 39.8. The third-order valence-corrected chi connectivity index (χ3v) is 24.0. The van der Waals surface area contributed by atoms with Gasteiger partial charge in [-0.25, -0.2) is 24.9 Å². The standard InChI is InChI=1S/C26H29N3O3.C25H29N3O3.C22H23N3O3.C21H20N4OS/c1-17-13-20(18-9-11-28(12-10-18)21-5-4-6-21)16-29-25(30)15-22(27-26(17)29)19-7-8-23(31-2)24(14-19)32-3;1-5-10-27-11-8-18(9-12-27)20-13-17(2)25-26-21(15-24(29)28(25)16-20)19-6-7-22(30-3)23(14-19)31-4;1-24-10-8-15(9-11-24)18-13-22(26)25-14-17(5-7-21(25)23-18)16-4-6-19(27-2)20(12-16)28-3;1-13-23-17-4-2-15(10-19(17)27-13)18-11-21(26)25-12-16(3-5-20(25)24-18)14-6-8-22-9-7-14/h7-9,13-16,21H,4-6,10-12H2,1-3H3;6-8,13-16H,5,9-12H2,1-4H3;4-8,12-14H,9-11H2,1-3H3;2-5,10-12,14,22H,6-9H2,1H3. The Balaban J connectivity index is 0.000000123. The topological polar surface area (TPSA) is 227 Å². The number of pyridine rings is 4. The Bertz CT molecular complexity index is 6290. The zero-order valence-corrected chi connectivity index (χ0v) is 69.8. The van der Waals surface area contributed by atoms with Crippen molar-refractivity contribution in [3.8, 4) is 79.4 Å². The van der Waals surface area contributed by atoms with Crippen LogP contribution in [0.2, 0.25) is 0 Å². The number of benzene rings is 4. The van der Waals surface area contributed by atoms with Crippen LogP contribution in [0, 0.1) is 20.8 Å². The van der Waals surface area contributed by atoms with Crippen LogP contribution in [0.1, 0.15) is 109 Å². The first kappa shape index (κ1) is 81.2. The fourth-order valence-electron chi connectivity index (χ4n) is 16.2. The van der Waals surface area contributed by atoms with Gasteiger partial charge in [0.2, 0.25) is 0 Å². The first-order chi connectivity index (χ1) is 57.4. The third-order valence-electron chi connectivity index (χ3n) is 23.1. The minimum absolute atomic E-state index is 0.0358. The van der Waals surface area contributed by atoms with Crippen LogP contribution in [-0.4, -0.2) is 172 Å². The van der Waals surface area contributed by atoms with Gasteiger partial charge in [-0.1, -0.05) is 49.8 Å². The highest BCUT2D eigenvalue weighted by atomic mass is 32.1. The lowest BCUT2D eigenvalue weighted by atomic mass is 9.89. The van der Waals surface area contributed by atoms with E-state index in [0.29, 0.717) is 80.1 Å². The third kappa shape index (κ3) is 17.8. The summed E-state index contributed by atoms with van der Waals surface area (Å²) in [4.78, 5) is 82.5. The highest BCUT2D eigenvalue weighted by Gasteiger charge is 2.27. The van der Waals surface area contributed by atoms with Gasteiger partial charge in [0.1, 0.15) is 22.6 Å². The van der Waals surface area contributed by atoms with Gasteiger partial charge in [0.05, 0.1) is 80.7 Å². The molecule has 118 heavy (non-hydrogen) atoms. The second-order valence-electron chi connectivity index (χ2n) is 30.7. The maximum Gasteiger partial charge on any atom is 0.258 e. The molecule has 5 aliphatic rings.